The first-order chi connectivity index (χ1) is 13.2. The average molecular weight is 368 g/mol. The van der Waals surface area contributed by atoms with Crippen molar-refractivity contribution < 1.29 is 14.4 Å². The number of aryl methyl sites for hydroxylation is 1. The van der Waals surface area contributed by atoms with E-state index in [0.29, 0.717) is 6.54 Å². The molecular formula is C23H31N2O2+. The number of carbonyl (C=O) groups is 1. The molecule has 0 spiro atoms. The zero-order chi connectivity index (χ0) is 18.9. The molecule has 0 saturated carbocycles. The van der Waals surface area contributed by atoms with Crippen molar-refractivity contribution in [2.24, 2.45) is 0 Å². The fraction of sp³-hybridized carbons (Fsp3) is 0.435. The van der Waals surface area contributed by atoms with Crippen LogP contribution < -0.4 is 15.0 Å². The second-order valence-electron chi connectivity index (χ2n) is 7.32. The zero-order valence-electron chi connectivity index (χ0n) is 16.3. The maximum atomic E-state index is 12.2. The monoisotopic (exact) mass is 367 g/mol. The zero-order valence-corrected chi connectivity index (χ0v) is 16.3. The summed E-state index contributed by atoms with van der Waals surface area (Å²) in [5, 5.41) is 3.00. The van der Waals surface area contributed by atoms with Crippen molar-refractivity contribution in [1.29, 1.82) is 0 Å². The van der Waals surface area contributed by atoms with Gasteiger partial charge in [-0.3, -0.25) is 4.79 Å². The highest BCUT2D eigenvalue weighted by atomic mass is 16.5. The molecule has 1 heterocycles. The largest absolute Gasteiger partial charge is 0.484 e. The number of piperidine rings is 1. The normalized spacial score (nSPS) is 14.7. The van der Waals surface area contributed by atoms with Crippen LogP contribution in [0.4, 0.5) is 0 Å². The summed E-state index contributed by atoms with van der Waals surface area (Å²) in [7, 11) is 0. The van der Waals surface area contributed by atoms with E-state index in [1.54, 1.807) is 4.90 Å². The Morgan fingerprint density at radius 3 is 2.41 bits per heavy atom. The molecule has 4 nitrogen and oxygen atoms in total. The first kappa shape index (κ1) is 19.4. The van der Waals surface area contributed by atoms with Crippen LogP contribution in [0.5, 0.6) is 5.75 Å². The van der Waals surface area contributed by atoms with E-state index in [4.69, 9.17) is 4.74 Å². The number of nitrogens with one attached hydrogen (secondary N) is 2. The summed E-state index contributed by atoms with van der Waals surface area (Å²) in [4.78, 5) is 13.8. The summed E-state index contributed by atoms with van der Waals surface area (Å²) in [6, 6.07) is 16.3. The molecule has 144 valence electrons. The second kappa shape index (κ2) is 10.1. The van der Waals surface area contributed by atoms with Crippen molar-refractivity contribution in [3.8, 4) is 5.75 Å². The first-order valence-electron chi connectivity index (χ1n) is 10.1. The smallest absolute Gasteiger partial charge is 0.258 e. The third-order valence-electron chi connectivity index (χ3n) is 5.30. The quantitative estimate of drug-likeness (QED) is 0.753. The van der Waals surface area contributed by atoms with Gasteiger partial charge in [0.25, 0.3) is 5.91 Å². The maximum absolute atomic E-state index is 12.2. The number of likely N-dealkylation sites (tertiary alicyclic amines) is 1. The molecule has 1 aliphatic heterocycles. The molecule has 3 rings (SSSR count). The SMILES string of the molecule is CCc1ccc(OCC(=O)NCc2ccccc2C[NH+]2CCCCC2)cc1. The standard InChI is InChI=1S/C23H30N2O2/c1-2-19-10-12-22(13-11-19)27-18-23(26)24-16-20-8-4-5-9-21(20)17-25-14-6-3-7-15-25/h4-5,8-13H,2-3,6-7,14-18H2,1H3,(H,24,26)/p+1. The van der Waals surface area contributed by atoms with E-state index >= 15 is 0 Å². The number of ether oxygens (including phenoxy) is 1. The minimum atomic E-state index is -0.0882. The summed E-state index contributed by atoms with van der Waals surface area (Å²) in [6.07, 6.45) is 5.01. The Bertz CT molecular complexity index is 721. The van der Waals surface area contributed by atoms with E-state index in [9.17, 15) is 4.79 Å². The van der Waals surface area contributed by atoms with Crippen molar-refractivity contribution in [3.63, 3.8) is 0 Å². The molecule has 0 bridgehead atoms. The van der Waals surface area contributed by atoms with E-state index in [0.717, 1.165) is 18.7 Å². The molecule has 0 aliphatic carbocycles. The molecule has 27 heavy (non-hydrogen) atoms. The van der Waals surface area contributed by atoms with Gasteiger partial charge in [-0.15, -0.1) is 0 Å². The van der Waals surface area contributed by atoms with Gasteiger partial charge < -0.3 is 15.0 Å². The lowest BCUT2D eigenvalue weighted by atomic mass is 10.0. The number of carbonyl (C=O) groups excluding carboxylic acids is 1. The molecular weight excluding hydrogens is 336 g/mol. The Morgan fingerprint density at radius 1 is 1.00 bits per heavy atom. The van der Waals surface area contributed by atoms with Crippen molar-refractivity contribution in [3.05, 3.63) is 65.2 Å². The first-order valence-corrected chi connectivity index (χ1v) is 10.1. The molecule has 1 saturated heterocycles. The van der Waals surface area contributed by atoms with Crippen LogP contribution in [-0.4, -0.2) is 25.6 Å². The topological polar surface area (TPSA) is 42.8 Å². The van der Waals surface area contributed by atoms with Crippen LogP contribution in [-0.2, 0) is 24.3 Å². The van der Waals surface area contributed by atoms with Crippen molar-refractivity contribution >= 4 is 5.91 Å². The molecule has 2 aromatic carbocycles. The summed E-state index contributed by atoms with van der Waals surface area (Å²) in [5.41, 5.74) is 3.81. The van der Waals surface area contributed by atoms with E-state index in [-0.39, 0.29) is 12.5 Å². The van der Waals surface area contributed by atoms with E-state index in [2.05, 4.69) is 30.4 Å². The van der Waals surface area contributed by atoms with Crippen molar-refractivity contribution in [2.75, 3.05) is 19.7 Å². The Hall–Kier alpha value is -2.33. The van der Waals surface area contributed by atoms with Crippen LogP contribution in [0.1, 0.15) is 42.9 Å². The lowest BCUT2D eigenvalue weighted by Crippen LogP contribution is -3.11. The van der Waals surface area contributed by atoms with Crippen molar-refractivity contribution in [1.82, 2.24) is 5.32 Å². The third-order valence-corrected chi connectivity index (χ3v) is 5.30. The lowest BCUT2D eigenvalue weighted by Gasteiger charge is -2.24. The van der Waals surface area contributed by atoms with E-state index < -0.39 is 0 Å². The fourth-order valence-corrected chi connectivity index (χ4v) is 3.62. The summed E-state index contributed by atoms with van der Waals surface area (Å²) in [5.74, 6) is 0.645. The van der Waals surface area contributed by atoms with Crippen molar-refractivity contribution in [2.45, 2.75) is 45.7 Å². The molecule has 0 atom stereocenters. The molecule has 1 aliphatic rings. The minimum Gasteiger partial charge on any atom is -0.484 e. The Balaban J connectivity index is 1.47. The Labute approximate surface area is 162 Å². The van der Waals surface area contributed by atoms with Gasteiger partial charge in [-0.05, 0) is 48.9 Å². The molecule has 0 aromatic heterocycles. The molecule has 2 aromatic rings. The highest BCUT2D eigenvalue weighted by Gasteiger charge is 2.15. The Kier molecular flexibility index (Phi) is 7.28. The van der Waals surface area contributed by atoms with Gasteiger partial charge in [-0.2, -0.15) is 0 Å². The van der Waals surface area contributed by atoms with E-state index in [1.807, 2.05) is 30.3 Å². The van der Waals surface area contributed by atoms with Gasteiger partial charge >= 0.3 is 0 Å². The molecule has 1 fully saturated rings. The summed E-state index contributed by atoms with van der Waals surface area (Å²) in [6.45, 7) is 6.28. The molecule has 0 unspecified atom stereocenters. The third kappa shape index (κ3) is 6.10. The average Bonchev–Trinajstić information content (AvgIpc) is 2.73. The highest BCUT2D eigenvalue weighted by Crippen LogP contribution is 2.12. The molecule has 1 amide bonds. The number of quaternary nitrogens is 1. The van der Waals surface area contributed by atoms with E-state index in [1.165, 1.54) is 49.0 Å². The number of amides is 1. The van der Waals surface area contributed by atoms with Gasteiger partial charge in [0, 0.05) is 12.1 Å². The van der Waals surface area contributed by atoms with Crippen LogP contribution in [0.2, 0.25) is 0 Å². The van der Waals surface area contributed by atoms with Crippen LogP contribution in [0.25, 0.3) is 0 Å². The number of benzene rings is 2. The summed E-state index contributed by atoms with van der Waals surface area (Å²) >= 11 is 0. The number of rotatable bonds is 8. The van der Waals surface area contributed by atoms with Crippen LogP contribution in [0.3, 0.4) is 0 Å². The fourth-order valence-electron chi connectivity index (χ4n) is 3.62. The van der Waals surface area contributed by atoms with Gasteiger partial charge in [0.15, 0.2) is 6.61 Å². The predicted octanol–water partition coefficient (Wildman–Crippen LogP) is 2.51. The van der Waals surface area contributed by atoms with Gasteiger partial charge in [0.2, 0.25) is 0 Å². The predicted molar refractivity (Wildman–Crippen MR) is 108 cm³/mol. The van der Waals surface area contributed by atoms with Crippen LogP contribution in [0, 0.1) is 0 Å². The Morgan fingerprint density at radius 2 is 1.70 bits per heavy atom. The van der Waals surface area contributed by atoms with Gasteiger partial charge in [0.05, 0.1) is 13.1 Å². The minimum absolute atomic E-state index is 0.0466. The lowest BCUT2D eigenvalue weighted by molar-refractivity contribution is -0.918. The second-order valence-corrected chi connectivity index (χ2v) is 7.32. The molecule has 0 radical (unpaired) electrons. The van der Waals surface area contributed by atoms with Gasteiger partial charge in [0.1, 0.15) is 12.3 Å². The molecule has 4 heteroatoms. The van der Waals surface area contributed by atoms with Crippen LogP contribution in [0.15, 0.2) is 48.5 Å². The highest BCUT2D eigenvalue weighted by molar-refractivity contribution is 5.77. The van der Waals surface area contributed by atoms with Gasteiger partial charge in [-0.1, -0.05) is 43.3 Å². The maximum Gasteiger partial charge on any atom is 0.258 e. The number of hydrogen-bond donors (Lipinski definition) is 2. The molecule has 2 N–H and O–H groups in total. The number of hydrogen-bond acceptors (Lipinski definition) is 2. The summed E-state index contributed by atoms with van der Waals surface area (Å²) < 4.78 is 5.59. The van der Waals surface area contributed by atoms with Gasteiger partial charge in [-0.25, -0.2) is 0 Å². The van der Waals surface area contributed by atoms with Crippen LogP contribution >= 0.6 is 0 Å².